The second-order valence-electron chi connectivity index (χ2n) is 10.6. The molecule has 6 rings (SSSR count). The minimum absolute atomic E-state index is 0.0626. The minimum Gasteiger partial charge on any atom is -0.484 e. The normalized spacial score (nSPS) is 24.4. The lowest BCUT2D eigenvalue weighted by atomic mass is 9.44. The van der Waals surface area contributed by atoms with Crippen molar-refractivity contribution in [2.45, 2.75) is 55.0 Å². The van der Waals surface area contributed by atoms with Crippen LogP contribution in [0.1, 0.15) is 25.7 Å². The summed E-state index contributed by atoms with van der Waals surface area (Å²) in [5.74, 6) is -8.75. The van der Waals surface area contributed by atoms with E-state index in [4.69, 9.17) is 32.7 Å². The highest BCUT2D eigenvalue weighted by Gasteiger charge is 2.69. The second-order valence-corrected chi connectivity index (χ2v) is 11.4. The summed E-state index contributed by atoms with van der Waals surface area (Å²) in [4.78, 5) is 38.7. The summed E-state index contributed by atoms with van der Waals surface area (Å²) < 4.78 is 90.0. The van der Waals surface area contributed by atoms with E-state index in [2.05, 4.69) is 10.6 Å². The summed E-state index contributed by atoms with van der Waals surface area (Å²) in [5, 5.41) is 5.56. The molecule has 16 heteroatoms. The molecule has 3 fully saturated rings. The molecular weight excluding hydrogens is 619 g/mol. The van der Waals surface area contributed by atoms with E-state index in [1.54, 1.807) is 0 Å². The van der Waals surface area contributed by atoms with Gasteiger partial charge in [0.25, 0.3) is 11.8 Å². The molecule has 0 saturated heterocycles. The first-order valence-corrected chi connectivity index (χ1v) is 13.2. The van der Waals surface area contributed by atoms with E-state index in [-0.39, 0.29) is 27.2 Å². The van der Waals surface area contributed by atoms with Crippen molar-refractivity contribution in [2.24, 2.45) is 0 Å². The first-order chi connectivity index (χ1) is 19.5. The van der Waals surface area contributed by atoms with Crippen LogP contribution in [0.15, 0.2) is 36.4 Å². The summed E-state index contributed by atoms with van der Waals surface area (Å²) >= 11 is 11.5. The number of hydrogen-bond donors (Lipinski definition) is 2. The third-order valence-corrected chi connectivity index (χ3v) is 7.84. The maximum Gasteiger partial charge on any atom is 0.453 e. The molecule has 226 valence electrons. The van der Waals surface area contributed by atoms with E-state index in [1.807, 2.05) is 0 Å². The van der Waals surface area contributed by atoms with Gasteiger partial charge in [-0.25, -0.2) is 4.39 Å². The van der Waals surface area contributed by atoms with Crippen molar-refractivity contribution < 1.29 is 50.2 Å². The van der Waals surface area contributed by atoms with E-state index in [9.17, 15) is 40.7 Å². The molecule has 0 aromatic heterocycles. The molecule has 0 radical (unpaired) electrons. The van der Waals surface area contributed by atoms with Crippen LogP contribution in [0.3, 0.4) is 0 Å². The molecule has 42 heavy (non-hydrogen) atoms. The smallest absolute Gasteiger partial charge is 0.453 e. The number of anilines is 1. The number of benzene rings is 2. The molecule has 1 heterocycles. The predicted molar refractivity (Wildman–Crippen MR) is 136 cm³/mol. The Bertz CT molecular complexity index is 1440. The van der Waals surface area contributed by atoms with Crippen molar-refractivity contribution in [3.8, 4) is 11.5 Å². The Hall–Kier alpha value is -3.39. The zero-order valence-electron chi connectivity index (χ0n) is 21.3. The fraction of sp³-hybridized carbons (Fsp3) is 0.423. The molecule has 3 amide bonds. The van der Waals surface area contributed by atoms with Crippen molar-refractivity contribution in [1.29, 1.82) is 0 Å². The van der Waals surface area contributed by atoms with Crippen LogP contribution in [0.5, 0.6) is 11.5 Å². The van der Waals surface area contributed by atoms with Crippen molar-refractivity contribution >= 4 is 46.6 Å². The van der Waals surface area contributed by atoms with Crippen LogP contribution in [0.4, 0.5) is 32.0 Å². The van der Waals surface area contributed by atoms with Crippen LogP contribution >= 0.6 is 23.2 Å². The van der Waals surface area contributed by atoms with Gasteiger partial charge in [0.2, 0.25) is 5.91 Å². The summed E-state index contributed by atoms with van der Waals surface area (Å²) in [5.41, 5.74) is -1.45. The third kappa shape index (κ3) is 5.78. The predicted octanol–water partition coefficient (Wildman–Crippen LogP) is 4.80. The molecule has 1 unspecified atom stereocenters. The summed E-state index contributed by atoms with van der Waals surface area (Å²) in [6.45, 7) is -1.02. The zero-order chi connectivity index (χ0) is 30.7. The van der Waals surface area contributed by atoms with Gasteiger partial charge in [0, 0.05) is 22.2 Å². The van der Waals surface area contributed by atoms with Crippen LogP contribution in [0, 0.1) is 5.82 Å². The Kier molecular flexibility index (Phi) is 7.45. The molecule has 1 aliphatic heterocycles. The zero-order valence-corrected chi connectivity index (χ0v) is 22.8. The molecule has 0 spiro atoms. The Morgan fingerprint density at radius 2 is 1.67 bits per heavy atom. The lowest BCUT2D eigenvalue weighted by molar-refractivity contribution is -0.281. The van der Waals surface area contributed by atoms with Gasteiger partial charge >= 0.3 is 12.1 Å². The molecule has 2 aromatic rings. The summed E-state index contributed by atoms with van der Waals surface area (Å²) in [6, 6.07) is 7.50. The van der Waals surface area contributed by atoms with Crippen molar-refractivity contribution in [2.75, 3.05) is 18.1 Å². The largest absolute Gasteiger partial charge is 0.484 e. The lowest BCUT2D eigenvalue weighted by Crippen LogP contribution is -2.84. The highest BCUT2D eigenvalue weighted by molar-refractivity contribution is 6.31. The van der Waals surface area contributed by atoms with Gasteiger partial charge in [0.15, 0.2) is 12.7 Å². The molecule has 1 atom stereocenters. The maximum absolute atomic E-state index is 13.7. The summed E-state index contributed by atoms with van der Waals surface area (Å²) in [6.07, 6.45) is -8.47. The van der Waals surface area contributed by atoms with Crippen LogP contribution in [0.25, 0.3) is 0 Å². The molecule has 3 aliphatic carbocycles. The number of carbonyl (C=O) groups excluding carboxylic acids is 3. The maximum atomic E-state index is 13.7. The minimum atomic E-state index is -5.95. The number of nitrogens with zero attached hydrogens (tertiary/aromatic N) is 1. The van der Waals surface area contributed by atoms with Gasteiger partial charge in [-0.15, -0.1) is 0 Å². The Morgan fingerprint density at radius 3 is 2.31 bits per heavy atom. The van der Waals surface area contributed by atoms with Gasteiger partial charge in [-0.05, 0) is 49.6 Å². The number of rotatable bonds is 8. The fourth-order valence-electron chi connectivity index (χ4n) is 5.46. The number of carbonyl (C=O) groups is 3. The van der Waals surface area contributed by atoms with Gasteiger partial charge in [0.05, 0.1) is 17.3 Å². The summed E-state index contributed by atoms with van der Waals surface area (Å²) in [7, 11) is 0. The van der Waals surface area contributed by atoms with E-state index >= 15 is 0 Å². The average Bonchev–Trinajstić information content (AvgIpc) is 2.85. The molecular formula is C26H21Cl2F6N3O5. The first kappa shape index (κ1) is 30.1. The lowest BCUT2D eigenvalue weighted by Gasteiger charge is -2.70. The van der Waals surface area contributed by atoms with Gasteiger partial charge in [-0.3, -0.25) is 14.4 Å². The molecule has 2 bridgehead atoms. The number of halogens is 8. The molecule has 3 saturated carbocycles. The van der Waals surface area contributed by atoms with E-state index in [0.29, 0.717) is 24.2 Å². The monoisotopic (exact) mass is 639 g/mol. The number of alkyl halides is 5. The van der Waals surface area contributed by atoms with Crippen LogP contribution in [-0.2, 0) is 14.4 Å². The van der Waals surface area contributed by atoms with E-state index in [1.165, 1.54) is 24.3 Å². The Morgan fingerprint density at radius 1 is 1.00 bits per heavy atom. The van der Waals surface area contributed by atoms with Gasteiger partial charge < -0.3 is 25.0 Å². The van der Waals surface area contributed by atoms with Crippen LogP contribution in [0.2, 0.25) is 10.0 Å². The third-order valence-electron chi connectivity index (χ3n) is 7.30. The quantitative estimate of drug-likeness (QED) is 0.405. The average molecular weight is 640 g/mol. The number of amides is 3. The van der Waals surface area contributed by atoms with Crippen LogP contribution in [-0.4, -0.2) is 60.2 Å². The standard InChI is InChI=1S/C26H21Cl2F6N3O5/c27-13-1-4-18-17(5-13)37(21(39)7-25(30,31)26(32,33)34)8-19(42-18)22(40)36-24-10-23(11-24,12-24)35-20(38)9-41-14-2-3-15(28)16(29)6-14/h1-6,19H,7-12H2,(H,35,38)(H,36,40). The second kappa shape index (κ2) is 10.4. The van der Waals surface area contributed by atoms with E-state index in [0.717, 1.165) is 12.1 Å². The van der Waals surface area contributed by atoms with Crippen molar-refractivity contribution in [1.82, 2.24) is 10.6 Å². The molecule has 2 N–H and O–H groups in total. The van der Waals surface area contributed by atoms with E-state index < -0.39 is 72.4 Å². The number of ether oxygens (including phenoxy) is 2. The number of nitrogens with one attached hydrogen (secondary N) is 2. The Labute approximate surface area is 244 Å². The van der Waals surface area contributed by atoms with Gasteiger partial charge in [-0.1, -0.05) is 23.2 Å². The van der Waals surface area contributed by atoms with Gasteiger partial charge in [0.1, 0.15) is 23.7 Å². The van der Waals surface area contributed by atoms with Crippen LogP contribution < -0.4 is 25.0 Å². The molecule has 2 aromatic carbocycles. The highest BCUT2D eigenvalue weighted by atomic mass is 35.5. The van der Waals surface area contributed by atoms with Crippen molar-refractivity contribution in [3.05, 3.63) is 52.3 Å². The first-order valence-electron chi connectivity index (χ1n) is 12.4. The van der Waals surface area contributed by atoms with Crippen molar-refractivity contribution in [3.63, 3.8) is 0 Å². The molecule has 4 aliphatic rings. The molecule has 8 nitrogen and oxygen atoms in total. The topological polar surface area (TPSA) is 97.0 Å². The fourth-order valence-corrected chi connectivity index (χ4v) is 5.74. The van der Waals surface area contributed by atoms with Gasteiger partial charge in [-0.2, -0.15) is 22.0 Å². The highest BCUT2D eigenvalue weighted by Crippen LogP contribution is 2.60. The Balaban J connectivity index is 1.17. The number of hydrogen-bond acceptors (Lipinski definition) is 5. The SMILES string of the molecule is O=C(COc1ccc(Cl)c(F)c1)NC12CC(NC(=O)C3CN(C(=O)CC(F)(F)C(F)(F)F)c4cc(Cl)ccc4O3)(C1)C2. The number of fused-ring (bicyclic) bond motifs is 1.